The number of amides is 1. The van der Waals surface area contributed by atoms with Gasteiger partial charge in [0.05, 0.1) is 12.3 Å². The zero-order valence-corrected chi connectivity index (χ0v) is 16.4. The van der Waals surface area contributed by atoms with E-state index in [1.807, 2.05) is 61.5 Å². The van der Waals surface area contributed by atoms with Crippen molar-refractivity contribution in [2.45, 2.75) is 26.7 Å². The summed E-state index contributed by atoms with van der Waals surface area (Å²) in [5, 5.41) is 6.18. The predicted molar refractivity (Wildman–Crippen MR) is 114 cm³/mol. The molecule has 2 aromatic carbocycles. The van der Waals surface area contributed by atoms with Crippen molar-refractivity contribution >= 4 is 23.0 Å². The summed E-state index contributed by atoms with van der Waals surface area (Å²) >= 11 is 0. The Kier molecular flexibility index (Phi) is 6.27. The van der Waals surface area contributed by atoms with E-state index >= 15 is 0 Å². The first kappa shape index (κ1) is 19.4. The number of nitrogens with zero attached hydrogens (tertiary/aromatic N) is 1. The number of anilines is 3. The Morgan fingerprint density at radius 1 is 1.04 bits per heavy atom. The third kappa shape index (κ3) is 4.88. The minimum atomic E-state index is -0.251. The number of ether oxygens (including phenoxy) is 1. The SMILES string of the molecule is CCOc1ccccc1Nc1ccnc(C(=O)Nc2ccc(C(C)C)cc2)c1. The van der Waals surface area contributed by atoms with Gasteiger partial charge in [-0.2, -0.15) is 0 Å². The molecule has 0 aliphatic rings. The first-order valence-corrected chi connectivity index (χ1v) is 9.43. The molecule has 0 saturated carbocycles. The normalized spacial score (nSPS) is 10.6. The highest BCUT2D eigenvalue weighted by Crippen LogP contribution is 2.27. The number of para-hydroxylation sites is 2. The molecule has 1 heterocycles. The average Bonchev–Trinajstić information content (AvgIpc) is 2.70. The second-order valence-corrected chi connectivity index (χ2v) is 6.71. The second-order valence-electron chi connectivity index (χ2n) is 6.71. The molecule has 0 aliphatic carbocycles. The predicted octanol–water partition coefficient (Wildman–Crippen LogP) is 5.60. The van der Waals surface area contributed by atoms with Crippen molar-refractivity contribution in [2.24, 2.45) is 0 Å². The van der Waals surface area contributed by atoms with Crippen LogP contribution in [0.25, 0.3) is 0 Å². The van der Waals surface area contributed by atoms with Crippen LogP contribution in [0.2, 0.25) is 0 Å². The monoisotopic (exact) mass is 375 g/mol. The number of carbonyl (C=O) groups excluding carboxylic acids is 1. The molecule has 5 heteroatoms. The van der Waals surface area contributed by atoms with Gasteiger partial charge in [0.15, 0.2) is 0 Å². The van der Waals surface area contributed by atoms with Crippen LogP contribution >= 0.6 is 0 Å². The Morgan fingerprint density at radius 2 is 1.79 bits per heavy atom. The lowest BCUT2D eigenvalue weighted by Gasteiger charge is -2.13. The number of benzene rings is 2. The third-order valence-electron chi connectivity index (χ3n) is 4.29. The lowest BCUT2D eigenvalue weighted by Crippen LogP contribution is -2.13. The summed E-state index contributed by atoms with van der Waals surface area (Å²) in [6.07, 6.45) is 1.61. The molecule has 2 N–H and O–H groups in total. The first-order chi connectivity index (χ1) is 13.6. The van der Waals surface area contributed by atoms with Crippen molar-refractivity contribution in [1.29, 1.82) is 0 Å². The molecule has 5 nitrogen and oxygen atoms in total. The molecule has 0 radical (unpaired) electrons. The van der Waals surface area contributed by atoms with Crippen LogP contribution < -0.4 is 15.4 Å². The second kappa shape index (κ2) is 9.04. The van der Waals surface area contributed by atoms with Gasteiger partial charge in [-0.15, -0.1) is 0 Å². The maximum atomic E-state index is 12.6. The van der Waals surface area contributed by atoms with Gasteiger partial charge in [-0.3, -0.25) is 9.78 Å². The fourth-order valence-electron chi connectivity index (χ4n) is 2.79. The van der Waals surface area contributed by atoms with Crippen molar-refractivity contribution in [2.75, 3.05) is 17.2 Å². The van der Waals surface area contributed by atoms with Crippen LogP contribution in [0.5, 0.6) is 5.75 Å². The van der Waals surface area contributed by atoms with E-state index in [9.17, 15) is 4.79 Å². The van der Waals surface area contributed by atoms with Crippen LogP contribution in [0.3, 0.4) is 0 Å². The molecule has 0 aliphatic heterocycles. The quantitative estimate of drug-likeness (QED) is 0.564. The summed E-state index contributed by atoms with van der Waals surface area (Å²) in [7, 11) is 0. The fourth-order valence-corrected chi connectivity index (χ4v) is 2.79. The molecule has 0 atom stereocenters. The van der Waals surface area contributed by atoms with E-state index in [0.717, 1.165) is 22.8 Å². The molecule has 1 aromatic heterocycles. The molecule has 0 fully saturated rings. The third-order valence-corrected chi connectivity index (χ3v) is 4.29. The molecule has 144 valence electrons. The first-order valence-electron chi connectivity index (χ1n) is 9.43. The van der Waals surface area contributed by atoms with E-state index < -0.39 is 0 Å². The summed E-state index contributed by atoms with van der Waals surface area (Å²) in [6.45, 7) is 6.80. The molecular formula is C23H25N3O2. The zero-order valence-electron chi connectivity index (χ0n) is 16.4. The molecule has 28 heavy (non-hydrogen) atoms. The Labute approximate surface area is 165 Å². The summed E-state index contributed by atoms with van der Waals surface area (Å²) in [5.74, 6) is 0.964. The Bertz CT molecular complexity index is 937. The lowest BCUT2D eigenvalue weighted by atomic mass is 10.0. The summed E-state index contributed by atoms with van der Waals surface area (Å²) < 4.78 is 5.63. The number of carbonyl (C=O) groups is 1. The van der Waals surface area contributed by atoms with E-state index in [2.05, 4.69) is 29.5 Å². The minimum Gasteiger partial charge on any atom is -0.492 e. The van der Waals surface area contributed by atoms with Gasteiger partial charge in [-0.05, 0) is 54.8 Å². The maximum Gasteiger partial charge on any atom is 0.274 e. The Morgan fingerprint density at radius 3 is 2.50 bits per heavy atom. The molecule has 3 aromatic rings. The van der Waals surface area contributed by atoms with Crippen molar-refractivity contribution in [3.8, 4) is 5.75 Å². The van der Waals surface area contributed by atoms with Crippen LogP contribution in [0.15, 0.2) is 66.9 Å². The number of hydrogen-bond donors (Lipinski definition) is 2. The zero-order chi connectivity index (χ0) is 19.9. The average molecular weight is 375 g/mol. The van der Waals surface area contributed by atoms with Gasteiger partial charge < -0.3 is 15.4 Å². The summed E-state index contributed by atoms with van der Waals surface area (Å²) in [4.78, 5) is 16.8. The number of nitrogens with one attached hydrogen (secondary N) is 2. The topological polar surface area (TPSA) is 63.2 Å². The Hall–Kier alpha value is -3.34. The van der Waals surface area contributed by atoms with Crippen molar-refractivity contribution < 1.29 is 9.53 Å². The van der Waals surface area contributed by atoms with Crippen LogP contribution in [0.4, 0.5) is 17.1 Å². The van der Waals surface area contributed by atoms with Gasteiger partial charge in [0.2, 0.25) is 0 Å². The summed E-state index contributed by atoms with van der Waals surface area (Å²) in [6, 6.07) is 19.1. The van der Waals surface area contributed by atoms with E-state index in [1.54, 1.807) is 12.3 Å². The number of pyridine rings is 1. The lowest BCUT2D eigenvalue weighted by molar-refractivity contribution is 0.102. The van der Waals surface area contributed by atoms with Gasteiger partial charge in [0, 0.05) is 17.6 Å². The van der Waals surface area contributed by atoms with E-state index in [0.29, 0.717) is 18.2 Å². The van der Waals surface area contributed by atoms with E-state index in [1.165, 1.54) is 5.56 Å². The van der Waals surface area contributed by atoms with Crippen LogP contribution in [0, 0.1) is 0 Å². The molecule has 0 bridgehead atoms. The van der Waals surface area contributed by atoms with Crippen LogP contribution in [-0.2, 0) is 0 Å². The Balaban J connectivity index is 1.73. The largest absolute Gasteiger partial charge is 0.492 e. The number of rotatable bonds is 7. The standard InChI is InChI=1S/C23H25N3O2/c1-4-28-22-8-6-5-7-20(22)25-19-13-14-24-21(15-19)23(27)26-18-11-9-17(10-12-18)16(2)3/h5-16H,4H2,1-3H3,(H,24,25)(H,26,27). The number of aromatic nitrogens is 1. The fraction of sp³-hybridized carbons (Fsp3) is 0.217. The maximum absolute atomic E-state index is 12.6. The molecule has 0 saturated heterocycles. The molecule has 3 rings (SSSR count). The van der Waals surface area contributed by atoms with Crippen LogP contribution in [0.1, 0.15) is 42.7 Å². The molecule has 0 unspecified atom stereocenters. The highest BCUT2D eigenvalue weighted by Gasteiger charge is 2.10. The van der Waals surface area contributed by atoms with Gasteiger partial charge in [0.25, 0.3) is 5.91 Å². The smallest absolute Gasteiger partial charge is 0.274 e. The minimum absolute atomic E-state index is 0.251. The molecule has 1 amide bonds. The van der Waals surface area contributed by atoms with Crippen molar-refractivity contribution in [1.82, 2.24) is 4.98 Å². The highest BCUT2D eigenvalue weighted by molar-refractivity contribution is 6.03. The molecular weight excluding hydrogens is 350 g/mol. The van der Waals surface area contributed by atoms with Crippen LogP contribution in [-0.4, -0.2) is 17.5 Å². The van der Waals surface area contributed by atoms with Gasteiger partial charge in [0.1, 0.15) is 11.4 Å². The van der Waals surface area contributed by atoms with Gasteiger partial charge >= 0.3 is 0 Å². The van der Waals surface area contributed by atoms with Gasteiger partial charge in [-0.1, -0.05) is 38.1 Å². The molecule has 0 spiro atoms. The van der Waals surface area contributed by atoms with E-state index in [-0.39, 0.29) is 5.91 Å². The van der Waals surface area contributed by atoms with E-state index in [4.69, 9.17) is 4.74 Å². The highest BCUT2D eigenvalue weighted by atomic mass is 16.5. The van der Waals surface area contributed by atoms with Crippen molar-refractivity contribution in [3.05, 3.63) is 78.1 Å². The van der Waals surface area contributed by atoms with Crippen molar-refractivity contribution in [3.63, 3.8) is 0 Å². The van der Waals surface area contributed by atoms with Gasteiger partial charge in [-0.25, -0.2) is 0 Å². The summed E-state index contributed by atoms with van der Waals surface area (Å²) in [5.41, 5.74) is 3.92. The number of hydrogen-bond acceptors (Lipinski definition) is 4.